The molecule has 0 rings (SSSR count). The van der Waals surface area contributed by atoms with Crippen LogP contribution in [0.3, 0.4) is 0 Å². The first-order valence-electron chi connectivity index (χ1n) is 7.71. The first kappa shape index (κ1) is 19.6. The van der Waals surface area contributed by atoms with Crippen LogP contribution in [0.1, 0.15) is 58.8 Å². The molecular formula is C18H28O3. The van der Waals surface area contributed by atoms with Crippen molar-refractivity contribution in [1.29, 1.82) is 0 Å². The second-order valence-corrected chi connectivity index (χ2v) is 5.28. The highest BCUT2D eigenvalue weighted by atomic mass is 16.3. The molecule has 0 aliphatic rings. The van der Waals surface area contributed by atoms with Crippen LogP contribution in [-0.4, -0.2) is 28.2 Å². The molecule has 0 heterocycles. The molecule has 0 bridgehead atoms. The fourth-order valence-corrected chi connectivity index (χ4v) is 1.89. The van der Waals surface area contributed by atoms with Crippen molar-refractivity contribution >= 4 is 5.78 Å². The number of unbranched alkanes of at least 4 members (excludes halogenated alkanes) is 4. The molecule has 0 spiro atoms. The van der Waals surface area contributed by atoms with Crippen LogP contribution in [0.15, 0.2) is 24.3 Å². The Hall–Kier alpha value is -1.37. The zero-order valence-electron chi connectivity index (χ0n) is 13.3. The minimum Gasteiger partial charge on any atom is -0.390 e. The van der Waals surface area contributed by atoms with Crippen molar-refractivity contribution in [2.75, 3.05) is 0 Å². The summed E-state index contributed by atoms with van der Waals surface area (Å²) in [6, 6.07) is 0. The standard InChI is InChI=1S/C18H28O3/c1-4-6-7-8-9-12-17(20)18(21)13-10-11-15(3)14-16(19)5-2/h5,14,17-18,20-21H,2,4,6-9,12-13H2,1,3H3. The van der Waals surface area contributed by atoms with E-state index >= 15 is 0 Å². The minimum atomic E-state index is -0.827. The average molecular weight is 292 g/mol. The van der Waals surface area contributed by atoms with E-state index in [1.165, 1.54) is 31.4 Å². The van der Waals surface area contributed by atoms with E-state index in [9.17, 15) is 15.0 Å². The number of ketones is 1. The SMILES string of the molecule is C=CC(=O)C=C(C)C#CCC(O)C(O)CCCCCCC. The lowest BCUT2D eigenvalue weighted by atomic mass is 10.0. The molecule has 0 amide bonds. The summed E-state index contributed by atoms with van der Waals surface area (Å²) in [4.78, 5) is 11.1. The van der Waals surface area contributed by atoms with Crippen molar-refractivity contribution in [3.05, 3.63) is 24.3 Å². The van der Waals surface area contributed by atoms with E-state index in [4.69, 9.17) is 0 Å². The van der Waals surface area contributed by atoms with Crippen LogP contribution < -0.4 is 0 Å². The highest BCUT2D eigenvalue weighted by molar-refractivity contribution is 5.99. The van der Waals surface area contributed by atoms with Crippen molar-refractivity contribution in [2.45, 2.75) is 71.0 Å². The molecule has 2 unspecified atom stereocenters. The van der Waals surface area contributed by atoms with Gasteiger partial charge in [0.15, 0.2) is 5.78 Å². The number of carbonyl (C=O) groups is 1. The molecule has 0 aliphatic carbocycles. The smallest absolute Gasteiger partial charge is 0.178 e. The second-order valence-electron chi connectivity index (χ2n) is 5.28. The second kappa shape index (κ2) is 12.4. The summed E-state index contributed by atoms with van der Waals surface area (Å²) in [6.45, 7) is 7.27. The van der Waals surface area contributed by atoms with Crippen LogP contribution in [0.25, 0.3) is 0 Å². The molecule has 2 N–H and O–H groups in total. The first-order valence-corrected chi connectivity index (χ1v) is 7.71. The third-order valence-corrected chi connectivity index (χ3v) is 3.20. The van der Waals surface area contributed by atoms with Gasteiger partial charge in [0.2, 0.25) is 0 Å². The number of aliphatic hydroxyl groups excluding tert-OH is 2. The van der Waals surface area contributed by atoms with Crippen molar-refractivity contribution < 1.29 is 15.0 Å². The first-order chi connectivity index (χ1) is 10.0. The van der Waals surface area contributed by atoms with Gasteiger partial charge in [0, 0.05) is 12.0 Å². The molecule has 21 heavy (non-hydrogen) atoms. The van der Waals surface area contributed by atoms with Gasteiger partial charge in [-0.15, -0.1) is 0 Å². The Labute approximate surface area is 128 Å². The van der Waals surface area contributed by atoms with E-state index in [1.54, 1.807) is 6.92 Å². The highest BCUT2D eigenvalue weighted by Gasteiger charge is 2.14. The van der Waals surface area contributed by atoms with Gasteiger partial charge in [-0.3, -0.25) is 4.79 Å². The van der Waals surface area contributed by atoms with Gasteiger partial charge < -0.3 is 10.2 Å². The van der Waals surface area contributed by atoms with E-state index in [0.717, 1.165) is 12.8 Å². The lowest BCUT2D eigenvalue weighted by molar-refractivity contribution is -0.110. The Morgan fingerprint density at radius 3 is 2.48 bits per heavy atom. The lowest BCUT2D eigenvalue weighted by Crippen LogP contribution is -2.25. The van der Waals surface area contributed by atoms with Crippen LogP contribution >= 0.6 is 0 Å². The Kier molecular flexibility index (Phi) is 11.6. The Morgan fingerprint density at radius 2 is 1.86 bits per heavy atom. The van der Waals surface area contributed by atoms with Gasteiger partial charge in [-0.05, 0) is 25.5 Å². The van der Waals surface area contributed by atoms with Gasteiger partial charge in [-0.1, -0.05) is 57.4 Å². The fourth-order valence-electron chi connectivity index (χ4n) is 1.89. The number of rotatable bonds is 10. The number of hydrogen-bond acceptors (Lipinski definition) is 3. The quantitative estimate of drug-likeness (QED) is 0.369. The van der Waals surface area contributed by atoms with Crippen molar-refractivity contribution in [2.24, 2.45) is 0 Å². The monoisotopic (exact) mass is 292 g/mol. The summed E-state index contributed by atoms with van der Waals surface area (Å²) in [5, 5.41) is 19.6. The van der Waals surface area contributed by atoms with Crippen LogP contribution in [0.5, 0.6) is 0 Å². The molecular weight excluding hydrogens is 264 g/mol. The number of carbonyl (C=O) groups excluding carboxylic acids is 1. The van der Waals surface area contributed by atoms with E-state index in [-0.39, 0.29) is 12.2 Å². The van der Waals surface area contributed by atoms with Crippen LogP contribution in [0.2, 0.25) is 0 Å². The third-order valence-electron chi connectivity index (χ3n) is 3.20. The summed E-state index contributed by atoms with van der Waals surface area (Å²) in [7, 11) is 0. The maximum atomic E-state index is 11.1. The normalized spacial score (nSPS) is 14.0. The molecule has 0 aliphatic heterocycles. The van der Waals surface area contributed by atoms with Crippen molar-refractivity contribution in [3.63, 3.8) is 0 Å². The van der Waals surface area contributed by atoms with E-state index in [0.29, 0.717) is 12.0 Å². The molecule has 0 saturated carbocycles. The predicted octanol–water partition coefficient (Wildman–Crippen LogP) is 3.16. The zero-order chi connectivity index (χ0) is 16.1. The van der Waals surface area contributed by atoms with Crippen LogP contribution in [0.4, 0.5) is 0 Å². The Balaban J connectivity index is 4.02. The summed E-state index contributed by atoms with van der Waals surface area (Å²) >= 11 is 0. The molecule has 0 aromatic rings. The molecule has 0 fully saturated rings. The summed E-state index contributed by atoms with van der Waals surface area (Å²) < 4.78 is 0. The average Bonchev–Trinajstić information content (AvgIpc) is 2.46. The molecule has 2 atom stereocenters. The van der Waals surface area contributed by atoms with Crippen LogP contribution in [0, 0.1) is 11.8 Å². The molecule has 3 heteroatoms. The van der Waals surface area contributed by atoms with Gasteiger partial charge in [-0.25, -0.2) is 0 Å². The maximum Gasteiger partial charge on any atom is 0.178 e. The maximum absolute atomic E-state index is 11.1. The highest BCUT2D eigenvalue weighted by Crippen LogP contribution is 2.10. The van der Waals surface area contributed by atoms with E-state index in [1.807, 2.05) is 0 Å². The van der Waals surface area contributed by atoms with Gasteiger partial charge in [0.25, 0.3) is 0 Å². The predicted molar refractivity (Wildman–Crippen MR) is 86.7 cm³/mol. The van der Waals surface area contributed by atoms with Gasteiger partial charge >= 0.3 is 0 Å². The molecule has 0 radical (unpaired) electrons. The van der Waals surface area contributed by atoms with Gasteiger partial charge in [0.05, 0.1) is 12.2 Å². The number of hydrogen-bond donors (Lipinski definition) is 2. The third kappa shape index (κ3) is 11.0. The minimum absolute atomic E-state index is 0.186. The molecule has 0 saturated heterocycles. The van der Waals surface area contributed by atoms with Crippen LogP contribution in [-0.2, 0) is 4.79 Å². The van der Waals surface area contributed by atoms with E-state index in [2.05, 4.69) is 25.3 Å². The molecule has 0 aromatic carbocycles. The largest absolute Gasteiger partial charge is 0.390 e. The summed E-state index contributed by atoms with van der Waals surface area (Å²) in [5.74, 6) is 5.39. The van der Waals surface area contributed by atoms with Crippen molar-refractivity contribution in [3.8, 4) is 11.8 Å². The Morgan fingerprint density at radius 1 is 1.19 bits per heavy atom. The zero-order valence-corrected chi connectivity index (χ0v) is 13.3. The molecule has 118 valence electrons. The lowest BCUT2D eigenvalue weighted by Gasteiger charge is -2.15. The number of aliphatic hydroxyl groups is 2. The van der Waals surface area contributed by atoms with E-state index < -0.39 is 12.2 Å². The topological polar surface area (TPSA) is 57.5 Å². The molecule has 0 aromatic heterocycles. The number of allylic oxidation sites excluding steroid dienone is 3. The Bertz CT molecular complexity index is 398. The van der Waals surface area contributed by atoms with Gasteiger partial charge in [-0.2, -0.15) is 0 Å². The summed E-state index contributed by atoms with van der Waals surface area (Å²) in [5.41, 5.74) is 0.626. The summed E-state index contributed by atoms with van der Waals surface area (Å²) in [6.07, 6.45) is 7.51. The fraction of sp³-hybridized carbons (Fsp3) is 0.611. The van der Waals surface area contributed by atoms with Crippen molar-refractivity contribution in [1.82, 2.24) is 0 Å². The molecule has 3 nitrogen and oxygen atoms in total. The van der Waals surface area contributed by atoms with Gasteiger partial charge in [0.1, 0.15) is 0 Å².